The molecule has 0 aliphatic heterocycles. The number of benzene rings is 2. The van der Waals surface area contributed by atoms with Crippen LogP contribution in [0.3, 0.4) is 0 Å². The first-order chi connectivity index (χ1) is 18.5. The molecular formula is C35H52N4. The van der Waals surface area contributed by atoms with Gasteiger partial charge in [-0.25, -0.2) is 0 Å². The van der Waals surface area contributed by atoms with E-state index in [1.54, 1.807) is 0 Å². The van der Waals surface area contributed by atoms with Crippen LogP contribution >= 0.6 is 0 Å². The number of aromatic nitrogens is 1. The molecule has 0 fully saturated rings. The lowest BCUT2D eigenvalue weighted by atomic mass is 9.90. The molecule has 3 N–H and O–H groups in total. The summed E-state index contributed by atoms with van der Waals surface area (Å²) < 4.78 is 0. The molecule has 3 rings (SSSR count). The second kappa shape index (κ2) is 14.0. The van der Waals surface area contributed by atoms with Gasteiger partial charge < -0.3 is 16.0 Å². The van der Waals surface area contributed by atoms with Crippen molar-refractivity contribution in [1.29, 1.82) is 0 Å². The van der Waals surface area contributed by atoms with Crippen molar-refractivity contribution in [2.24, 2.45) is 0 Å². The molecular weight excluding hydrogens is 476 g/mol. The van der Waals surface area contributed by atoms with Crippen LogP contribution in [-0.4, -0.2) is 18.1 Å². The molecule has 3 aromatic rings. The topological polar surface area (TPSA) is 49.0 Å². The normalized spacial score (nSPS) is 11.7. The maximum absolute atomic E-state index is 4.74. The van der Waals surface area contributed by atoms with Gasteiger partial charge in [0.1, 0.15) is 0 Å². The Kier molecular flexibility index (Phi) is 11.0. The van der Waals surface area contributed by atoms with E-state index in [1.165, 1.54) is 50.3 Å². The maximum atomic E-state index is 4.74. The van der Waals surface area contributed by atoms with E-state index in [4.69, 9.17) is 4.98 Å². The Morgan fingerprint density at radius 1 is 0.615 bits per heavy atom. The zero-order valence-corrected chi connectivity index (χ0v) is 26.1. The third kappa shape index (κ3) is 8.08. The first-order valence-corrected chi connectivity index (χ1v) is 14.9. The van der Waals surface area contributed by atoms with Crippen LogP contribution < -0.4 is 16.0 Å². The van der Waals surface area contributed by atoms with Crippen LogP contribution in [0.5, 0.6) is 0 Å². The summed E-state index contributed by atoms with van der Waals surface area (Å²) in [7, 11) is 0. The van der Waals surface area contributed by atoms with Crippen LogP contribution in [0.2, 0.25) is 0 Å². The molecule has 212 valence electrons. The zero-order valence-electron chi connectivity index (χ0n) is 26.1. The third-order valence-electron chi connectivity index (χ3n) is 7.51. The van der Waals surface area contributed by atoms with E-state index in [1.807, 2.05) is 12.3 Å². The molecule has 0 saturated carbocycles. The number of hydrogen-bond acceptors (Lipinski definition) is 4. The molecule has 0 unspecified atom stereocenters. The van der Waals surface area contributed by atoms with Crippen LogP contribution in [0.25, 0.3) is 0 Å². The van der Waals surface area contributed by atoms with Gasteiger partial charge in [-0.1, -0.05) is 96.8 Å². The molecule has 0 atom stereocenters. The molecule has 4 heteroatoms. The average molecular weight is 529 g/mol. The lowest BCUT2D eigenvalue weighted by Crippen LogP contribution is -2.24. The van der Waals surface area contributed by atoms with E-state index in [9.17, 15) is 0 Å². The fraction of sp³-hybridized carbons (Fsp3) is 0.514. The van der Waals surface area contributed by atoms with Crippen molar-refractivity contribution in [1.82, 2.24) is 10.3 Å². The van der Waals surface area contributed by atoms with Crippen LogP contribution in [0, 0.1) is 13.8 Å². The van der Waals surface area contributed by atoms with Gasteiger partial charge in [-0.05, 0) is 71.4 Å². The first-order valence-electron chi connectivity index (χ1n) is 14.9. The predicted molar refractivity (Wildman–Crippen MR) is 170 cm³/mol. The van der Waals surface area contributed by atoms with E-state index in [-0.39, 0.29) is 0 Å². The molecule has 0 bridgehead atoms. The van der Waals surface area contributed by atoms with Gasteiger partial charge in [0, 0.05) is 43.8 Å². The standard InChI is InChI=1S/C35H52N4/c1-22(2)29-16-26(9)17-30(23(3)4)34(29)38-15-14-36-21-33-28(12-11-13-37-33)20-39-35-31(24(5)6)18-27(10)19-32(35)25(7)8/h11-13,16-19,22-25,36,38-39H,14-15,20-21H2,1-10H3. The minimum Gasteiger partial charge on any atom is -0.383 e. The Bertz CT molecular complexity index is 1170. The van der Waals surface area contributed by atoms with Gasteiger partial charge in [0.25, 0.3) is 0 Å². The third-order valence-corrected chi connectivity index (χ3v) is 7.51. The summed E-state index contributed by atoms with van der Waals surface area (Å²) in [6.45, 7) is 25.9. The minimum atomic E-state index is 0.466. The molecule has 1 aromatic heterocycles. The fourth-order valence-corrected chi connectivity index (χ4v) is 5.37. The highest BCUT2D eigenvalue weighted by Gasteiger charge is 2.17. The van der Waals surface area contributed by atoms with E-state index in [0.717, 1.165) is 31.9 Å². The number of nitrogens with zero attached hydrogens (tertiary/aromatic N) is 1. The number of rotatable bonds is 13. The van der Waals surface area contributed by atoms with Gasteiger partial charge >= 0.3 is 0 Å². The molecule has 0 aliphatic carbocycles. The predicted octanol–water partition coefficient (Wildman–Crippen LogP) is 9.01. The Balaban J connectivity index is 1.66. The van der Waals surface area contributed by atoms with E-state index in [2.05, 4.69) is 116 Å². The van der Waals surface area contributed by atoms with Gasteiger partial charge in [-0.2, -0.15) is 0 Å². The molecule has 4 nitrogen and oxygen atoms in total. The molecule has 39 heavy (non-hydrogen) atoms. The van der Waals surface area contributed by atoms with Crippen molar-refractivity contribution in [3.8, 4) is 0 Å². The number of anilines is 2. The van der Waals surface area contributed by atoms with Crippen molar-refractivity contribution in [2.45, 2.75) is 106 Å². The Morgan fingerprint density at radius 3 is 1.54 bits per heavy atom. The monoisotopic (exact) mass is 528 g/mol. The van der Waals surface area contributed by atoms with Crippen LogP contribution in [0.4, 0.5) is 11.4 Å². The quantitative estimate of drug-likeness (QED) is 0.194. The largest absolute Gasteiger partial charge is 0.383 e. The summed E-state index contributed by atoms with van der Waals surface area (Å²) in [6.07, 6.45) is 1.90. The molecule has 0 aliphatic rings. The minimum absolute atomic E-state index is 0.466. The summed E-state index contributed by atoms with van der Waals surface area (Å²) in [4.78, 5) is 4.74. The number of hydrogen-bond donors (Lipinski definition) is 3. The lowest BCUT2D eigenvalue weighted by molar-refractivity contribution is 0.685. The van der Waals surface area contributed by atoms with Crippen molar-refractivity contribution in [3.05, 3.63) is 87.2 Å². The lowest BCUT2D eigenvalue weighted by Gasteiger charge is -2.23. The maximum Gasteiger partial charge on any atom is 0.0591 e. The molecule has 0 amide bonds. The fourth-order valence-electron chi connectivity index (χ4n) is 5.37. The van der Waals surface area contributed by atoms with E-state index in [0.29, 0.717) is 23.7 Å². The van der Waals surface area contributed by atoms with Crippen LogP contribution in [0.1, 0.15) is 124 Å². The zero-order chi connectivity index (χ0) is 28.7. The van der Waals surface area contributed by atoms with Gasteiger partial charge in [-0.15, -0.1) is 0 Å². The molecule has 2 aromatic carbocycles. The highest BCUT2D eigenvalue weighted by molar-refractivity contribution is 5.62. The second-order valence-electron chi connectivity index (χ2n) is 12.3. The summed E-state index contributed by atoms with van der Waals surface area (Å²) in [6, 6.07) is 13.6. The summed E-state index contributed by atoms with van der Waals surface area (Å²) in [5.74, 6) is 1.91. The number of pyridine rings is 1. The van der Waals surface area contributed by atoms with Crippen LogP contribution in [0.15, 0.2) is 42.6 Å². The van der Waals surface area contributed by atoms with E-state index < -0.39 is 0 Å². The molecule has 1 heterocycles. The van der Waals surface area contributed by atoms with Gasteiger partial charge in [0.15, 0.2) is 0 Å². The summed E-state index contributed by atoms with van der Waals surface area (Å²) >= 11 is 0. The summed E-state index contributed by atoms with van der Waals surface area (Å²) in [5.41, 5.74) is 13.2. The number of nitrogens with one attached hydrogen (secondary N) is 3. The van der Waals surface area contributed by atoms with Gasteiger partial charge in [0.05, 0.1) is 5.69 Å². The molecule has 0 radical (unpaired) electrons. The van der Waals surface area contributed by atoms with Crippen LogP contribution in [-0.2, 0) is 13.1 Å². The number of aryl methyl sites for hydroxylation is 2. The Labute approximate surface area is 238 Å². The van der Waals surface area contributed by atoms with Gasteiger partial charge in [-0.3, -0.25) is 4.98 Å². The smallest absolute Gasteiger partial charge is 0.0591 e. The van der Waals surface area contributed by atoms with Crippen molar-refractivity contribution in [2.75, 3.05) is 23.7 Å². The molecule has 0 saturated heterocycles. The molecule has 0 spiro atoms. The van der Waals surface area contributed by atoms with Crippen molar-refractivity contribution in [3.63, 3.8) is 0 Å². The van der Waals surface area contributed by atoms with E-state index >= 15 is 0 Å². The van der Waals surface area contributed by atoms with Crippen molar-refractivity contribution >= 4 is 11.4 Å². The average Bonchev–Trinajstić information content (AvgIpc) is 2.87. The highest BCUT2D eigenvalue weighted by Crippen LogP contribution is 2.35. The Hall–Kier alpha value is -2.85. The second-order valence-corrected chi connectivity index (χ2v) is 12.3. The van der Waals surface area contributed by atoms with Crippen molar-refractivity contribution < 1.29 is 0 Å². The summed E-state index contributed by atoms with van der Waals surface area (Å²) in [5, 5.41) is 11.2. The van der Waals surface area contributed by atoms with Gasteiger partial charge in [0.2, 0.25) is 0 Å². The Morgan fingerprint density at radius 2 is 1.08 bits per heavy atom. The highest BCUT2D eigenvalue weighted by atomic mass is 15.0. The SMILES string of the molecule is Cc1cc(C(C)C)c(NCCNCc2ncccc2CNc2c(C(C)C)cc(C)cc2C(C)C)c(C(C)C)c1. The first kappa shape index (κ1) is 30.7.